The van der Waals surface area contributed by atoms with E-state index in [1.165, 1.54) is 0 Å². The Bertz CT molecular complexity index is 921. The van der Waals surface area contributed by atoms with Gasteiger partial charge in [-0.3, -0.25) is 19.4 Å². The Morgan fingerprint density at radius 1 is 1.25 bits per heavy atom. The number of rotatable bonds is 3. The van der Waals surface area contributed by atoms with E-state index in [0.717, 1.165) is 38.2 Å². The molecule has 4 heterocycles. The summed E-state index contributed by atoms with van der Waals surface area (Å²) < 4.78 is 33.6. The molecule has 2 aliphatic heterocycles. The van der Waals surface area contributed by atoms with Gasteiger partial charge in [0.05, 0.1) is 18.4 Å². The summed E-state index contributed by atoms with van der Waals surface area (Å²) >= 11 is 0. The van der Waals surface area contributed by atoms with Crippen molar-refractivity contribution in [1.82, 2.24) is 34.5 Å². The number of aliphatic carboxylic acids is 1. The van der Waals surface area contributed by atoms with Crippen molar-refractivity contribution in [2.75, 3.05) is 20.1 Å². The average Bonchev–Trinajstić information content (AvgIpc) is 3.36. The molecule has 2 aromatic rings. The van der Waals surface area contributed by atoms with Gasteiger partial charge in [0.2, 0.25) is 0 Å². The van der Waals surface area contributed by atoms with E-state index in [9.17, 15) is 18.0 Å². The van der Waals surface area contributed by atoms with Crippen LogP contribution in [0, 0.1) is 12.8 Å². The second-order valence-electron chi connectivity index (χ2n) is 7.89. The van der Waals surface area contributed by atoms with Crippen LogP contribution in [0.3, 0.4) is 0 Å². The quantitative estimate of drug-likeness (QED) is 0.735. The van der Waals surface area contributed by atoms with Crippen LogP contribution in [0.25, 0.3) is 0 Å². The molecule has 0 aliphatic carbocycles. The molecule has 1 amide bonds. The molecule has 0 aromatic carbocycles. The number of halogens is 3. The van der Waals surface area contributed by atoms with Gasteiger partial charge >= 0.3 is 12.1 Å². The number of piperidine rings is 1. The predicted molar refractivity (Wildman–Crippen MR) is 104 cm³/mol. The van der Waals surface area contributed by atoms with Crippen molar-refractivity contribution in [2.24, 2.45) is 5.92 Å². The zero-order chi connectivity index (χ0) is 23.5. The number of fused-ring (bicyclic) bond motifs is 1. The van der Waals surface area contributed by atoms with E-state index in [4.69, 9.17) is 9.90 Å². The van der Waals surface area contributed by atoms with Crippen LogP contribution in [0.15, 0.2) is 25.0 Å². The number of carboxylic acids is 1. The van der Waals surface area contributed by atoms with Crippen LogP contribution in [-0.4, -0.2) is 89.9 Å². The van der Waals surface area contributed by atoms with Crippen LogP contribution < -0.4 is 0 Å². The number of carbonyl (C=O) groups is 2. The van der Waals surface area contributed by atoms with Crippen molar-refractivity contribution >= 4 is 11.9 Å². The van der Waals surface area contributed by atoms with E-state index in [-0.39, 0.29) is 5.91 Å². The minimum absolute atomic E-state index is 0.00618. The van der Waals surface area contributed by atoms with Crippen molar-refractivity contribution in [3.8, 4) is 0 Å². The van der Waals surface area contributed by atoms with E-state index in [1.54, 1.807) is 25.0 Å². The summed E-state index contributed by atoms with van der Waals surface area (Å²) in [6, 6.07) is 0.965. The highest BCUT2D eigenvalue weighted by molar-refractivity contribution is 5.92. The maximum Gasteiger partial charge on any atom is 0.490 e. The van der Waals surface area contributed by atoms with Gasteiger partial charge in [0.25, 0.3) is 5.91 Å². The maximum atomic E-state index is 12.7. The first-order valence-corrected chi connectivity index (χ1v) is 9.98. The minimum atomic E-state index is -5.08. The Hall–Kier alpha value is -3.09. The number of amides is 1. The third-order valence-corrected chi connectivity index (χ3v) is 5.76. The fraction of sp³-hybridized carbons (Fsp3) is 0.579. The first kappa shape index (κ1) is 23.6. The molecule has 1 N–H and O–H groups in total. The number of aromatic nitrogens is 5. The topological polar surface area (TPSA) is 117 Å². The third kappa shape index (κ3) is 5.58. The number of alkyl halides is 3. The lowest BCUT2D eigenvalue weighted by molar-refractivity contribution is -0.192. The number of carbonyl (C=O) groups excluding carboxylic acids is 1. The SMILES string of the molecule is Cc1cnc(C(=O)N2CC[C@H]3[C@H](C[C@@H](Cn4cncn4)N3C)C2)cn1.O=C(O)C(F)(F)F. The summed E-state index contributed by atoms with van der Waals surface area (Å²) in [4.78, 5) is 38.4. The summed E-state index contributed by atoms with van der Waals surface area (Å²) in [5.41, 5.74) is 1.26. The van der Waals surface area contributed by atoms with E-state index in [0.29, 0.717) is 23.7 Å². The smallest absolute Gasteiger partial charge is 0.475 e. The summed E-state index contributed by atoms with van der Waals surface area (Å²) in [7, 11) is 2.19. The number of likely N-dealkylation sites (N-methyl/N-ethyl adjacent to an activating group) is 1. The van der Waals surface area contributed by atoms with Crippen LogP contribution in [-0.2, 0) is 11.3 Å². The zero-order valence-electron chi connectivity index (χ0n) is 17.6. The molecule has 3 atom stereocenters. The minimum Gasteiger partial charge on any atom is -0.475 e. The average molecular weight is 455 g/mol. The van der Waals surface area contributed by atoms with Crippen molar-refractivity contribution < 1.29 is 27.9 Å². The van der Waals surface area contributed by atoms with Crippen molar-refractivity contribution in [2.45, 2.75) is 44.6 Å². The van der Waals surface area contributed by atoms with Crippen LogP contribution in [0.5, 0.6) is 0 Å². The molecule has 2 fully saturated rings. The molecular weight excluding hydrogens is 431 g/mol. The Morgan fingerprint density at radius 2 is 1.97 bits per heavy atom. The lowest BCUT2D eigenvalue weighted by atomic mass is 9.92. The lowest BCUT2D eigenvalue weighted by Gasteiger charge is -2.37. The third-order valence-electron chi connectivity index (χ3n) is 5.76. The Kier molecular flexibility index (Phi) is 7.06. The second kappa shape index (κ2) is 9.59. The molecule has 2 saturated heterocycles. The summed E-state index contributed by atoms with van der Waals surface area (Å²) in [6.07, 6.45) is 3.56. The molecule has 13 heteroatoms. The highest BCUT2D eigenvalue weighted by Gasteiger charge is 2.43. The Labute approximate surface area is 182 Å². The number of carboxylic acid groups (broad SMARTS) is 1. The molecule has 2 aromatic heterocycles. The summed E-state index contributed by atoms with van der Waals surface area (Å²) in [6.45, 7) is 4.28. The number of aryl methyl sites for hydroxylation is 1. The van der Waals surface area contributed by atoms with Crippen LogP contribution in [0.1, 0.15) is 29.0 Å². The van der Waals surface area contributed by atoms with Crippen molar-refractivity contribution in [3.05, 3.63) is 36.4 Å². The fourth-order valence-corrected chi connectivity index (χ4v) is 4.17. The van der Waals surface area contributed by atoms with Gasteiger partial charge in [-0.25, -0.2) is 14.8 Å². The van der Waals surface area contributed by atoms with Gasteiger partial charge in [0.1, 0.15) is 18.3 Å². The molecule has 0 spiro atoms. The number of likely N-dealkylation sites (tertiary alicyclic amines) is 2. The van der Waals surface area contributed by atoms with E-state index in [1.807, 2.05) is 16.5 Å². The van der Waals surface area contributed by atoms with Gasteiger partial charge in [-0.2, -0.15) is 18.3 Å². The molecule has 0 radical (unpaired) electrons. The standard InChI is InChI=1S/C17H23N7O.C2HF3O2/c1-12-6-20-15(7-19-12)17(25)23-4-3-16-13(8-23)5-14(22(16)2)9-24-11-18-10-21-24;3-2(4,5)1(6)7/h6-7,10-11,13-14,16H,3-5,8-9H2,1-2H3;(H,6,7)/t13-,14+,16+;/m1./s1. The first-order chi connectivity index (χ1) is 15.1. The lowest BCUT2D eigenvalue weighted by Crippen LogP contribution is -2.48. The molecule has 174 valence electrons. The van der Waals surface area contributed by atoms with Gasteiger partial charge in [-0.05, 0) is 32.7 Å². The maximum absolute atomic E-state index is 12.7. The summed E-state index contributed by atoms with van der Waals surface area (Å²) in [5, 5.41) is 11.3. The Morgan fingerprint density at radius 3 is 2.53 bits per heavy atom. The summed E-state index contributed by atoms with van der Waals surface area (Å²) in [5.74, 6) is -2.27. The van der Waals surface area contributed by atoms with Gasteiger partial charge in [-0.1, -0.05) is 0 Å². The van der Waals surface area contributed by atoms with Gasteiger partial charge in [0, 0.05) is 31.4 Å². The van der Waals surface area contributed by atoms with E-state index < -0.39 is 12.1 Å². The van der Waals surface area contributed by atoms with Gasteiger partial charge in [0.15, 0.2) is 0 Å². The van der Waals surface area contributed by atoms with Crippen LogP contribution in [0.2, 0.25) is 0 Å². The first-order valence-electron chi connectivity index (χ1n) is 9.98. The molecule has 2 aliphatic rings. The van der Waals surface area contributed by atoms with E-state index in [2.05, 4.69) is 32.0 Å². The fourth-order valence-electron chi connectivity index (χ4n) is 4.17. The second-order valence-corrected chi connectivity index (χ2v) is 7.89. The molecule has 4 rings (SSSR count). The normalized spacial score (nSPS) is 23.3. The number of nitrogens with zero attached hydrogens (tertiary/aromatic N) is 7. The van der Waals surface area contributed by atoms with Gasteiger partial charge < -0.3 is 10.0 Å². The Balaban J connectivity index is 0.000000360. The van der Waals surface area contributed by atoms with Gasteiger partial charge in [-0.15, -0.1) is 0 Å². The molecule has 0 saturated carbocycles. The molecule has 0 unspecified atom stereocenters. The monoisotopic (exact) mass is 455 g/mol. The molecular formula is C19H24F3N7O3. The highest BCUT2D eigenvalue weighted by Crippen LogP contribution is 2.35. The highest BCUT2D eigenvalue weighted by atomic mass is 19.4. The molecule has 32 heavy (non-hydrogen) atoms. The number of hydrogen-bond acceptors (Lipinski definition) is 7. The van der Waals surface area contributed by atoms with E-state index >= 15 is 0 Å². The molecule has 10 nitrogen and oxygen atoms in total. The van der Waals surface area contributed by atoms with Crippen molar-refractivity contribution in [1.29, 1.82) is 0 Å². The molecule has 0 bridgehead atoms. The largest absolute Gasteiger partial charge is 0.490 e. The predicted octanol–water partition coefficient (Wildman–Crippen LogP) is 1.24. The van der Waals surface area contributed by atoms with Crippen molar-refractivity contribution in [3.63, 3.8) is 0 Å². The number of hydrogen-bond donors (Lipinski definition) is 1. The van der Waals surface area contributed by atoms with Crippen LogP contribution >= 0.6 is 0 Å². The van der Waals surface area contributed by atoms with Crippen LogP contribution in [0.4, 0.5) is 13.2 Å². The zero-order valence-corrected chi connectivity index (χ0v) is 17.6.